The Morgan fingerprint density at radius 2 is 1.84 bits per heavy atom. The van der Waals surface area contributed by atoms with Crippen molar-refractivity contribution >= 4 is 11.8 Å². The molecule has 2 heterocycles. The van der Waals surface area contributed by atoms with Gasteiger partial charge in [-0.1, -0.05) is 30.3 Å². The third-order valence-corrected chi connectivity index (χ3v) is 4.58. The molecule has 2 saturated heterocycles. The largest absolute Gasteiger partial charge is 0.480 e. The molecule has 0 saturated carbocycles. The summed E-state index contributed by atoms with van der Waals surface area (Å²) in [5.74, 6) is -0.756. The molecule has 1 aromatic carbocycles. The maximum Gasteiger partial charge on any atom is 0.324 e. The lowest BCUT2D eigenvalue weighted by atomic mass is 9.88. The fraction of sp³-hybridized carbons (Fsp3) is 0.467. The average Bonchev–Trinajstić information content (AvgIpc) is 2.96. The van der Waals surface area contributed by atoms with E-state index in [1.165, 1.54) is 0 Å². The van der Waals surface area contributed by atoms with E-state index in [1.54, 1.807) is 12.1 Å². The monoisotopic (exact) mass is 259 g/mol. The zero-order valence-corrected chi connectivity index (χ0v) is 10.7. The standard InChI is InChI=1S/C15H17NO3/c17-13(11-4-2-1-3-5-11)10-16-12-6-8-15(16,9-7-12)14(18)19/h1-5,12H,6-10H2,(H,18,19). The predicted molar refractivity (Wildman–Crippen MR) is 70.1 cm³/mol. The van der Waals surface area contributed by atoms with E-state index in [1.807, 2.05) is 23.1 Å². The fourth-order valence-electron chi connectivity index (χ4n) is 3.52. The number of rotatable bonds is 4. The van der Waals surface area contributed by atoms with Crippen molar-refractivity contribution in [3.8, 4) is 0 Å². The summed E-state index contributed by atoms with van der Waals surface area (Å²) in [7, 11) is 0. The molecule has 4 nitrogen and oxygen atoms in total. The van der Waals surface area contributed by atoms with Gasteiger partial charge in [-0.25, -0.2) is 0 Å². The second-order valence-electron chi connectivity index (χ2n) is 5.49. The number of ketones is 1. The number of hydrogen-bond acceptors (Lipinski definition) is 3. The minimum atomic E-state index is -0.783. The van der Waals surface area contributed by atoms with Crippen LogP contribution in [-0.4, -0.2) is 39.9 Å². The smallest absolute Gasteiger partial charge is 0.324 e. The van der Waals surface area contributed by atoms with Crippen LogP contribution in [0.25, 0.3) is 0 Å². The van der Waals surface area contributed by atoms with Crippen molar-refractivity contribution in [2.75, 3.05) is 6.54 Å². The Hall–Kier alpha value is -1.68. The van der Waals surface area contributed by atoms with E-state index in [-0.39, 0.29) is 18.4 Å². The van der Waals surface area contributed by atoms with Crippen LogP contribution in [0.4, 0.5) is 0 Å². The summed E-state index contributed by atoms with van der Waals surface area (Å²) in [6.07, 6.45) is 3.15. The normalized spacial score (nSPS) is 29.6. The summed E-state index contributed by atoms with van der Waals surface area (Å²) >= 11 is 0. The highest BCUT2D eigenvalue weighted by Gasteiger charge is 2.56. The molecule has 0 amide bonds. The van der Waals surface area contributed by atoms with Crippen molar-refractivity contribution in [3.63, 3.8) is 0 Å². The molecule has 2 aliphatic heterocycles. The molecule has 0 atom stereocenters. The summed E-state index contributed by atoms with van der Waals surface area (Å²) in [6, 6.07) is 9.37. The molecule has 0 unspecified atom stereocenters. The Morgan fingerprint density at radius 3 is 2.42 bits per heavy atom. The van der Waals surface area contributed by atoms with Crippen LogP contribution in [0.15, 0.2) is 30.3 Å². The van der Waals surface area contributed by atoms with Gasteiger partial charge in [-0.15, -0.1) is 0 Å². The molecule has 19 heavy (non-hydrogen) atoms. The second kappa shape index (κ2) is 4.46. The molecule has 4 heteroatoms. The number of fused-ring (bicyclic) bond motifs is 2. The van der Waals surface area contributed by atoms with E-state index < -0.39 is 11.5 Å². The molecule has 0 aromatic heterocycles. The average molecular weight is 259 g/mol. The van der Waals surface area contributed by atoms with Crippen molar-refractivity contribution in [2.45, 2.75) is 37.3 Å². The predicted octanol–water partition coefficient (Wildman–Crippen LogP) is 1.95. The molecule has 2 fully saturated rings. The van der Waals surface area contributed by atoms with Gasteiger partial charge < -0.3 is 5.11 Å². The number of nitrogens with zero attached hydrogens (tertiary/aromatic N) is 1. The van der Waals surface area contributed by atoms with Crippen LogP contribution >= 0.6 is 0 Å². The van der Waals surface area contributed by atoms with Gasteiger partial charge in [0, 0.05) is 11.6 Å². The first kappa shape index (κ1) is 12.4. The van der Waals surface area contributed by atoms with E-state index in [0.717, 1.165) is 12.8 Å². The van der Waals surface area contributed by atoms with Gasteiger partial charge in [-0.3, -0.25) is 14.5 Å². The number of aliphatic carboxylic acids is 1. The number of benzene rings is 1. The number of Topliss-reactive ketones (excluding diaryl/α,β-unsaturated/α-hetero) is 1. The Morgan fingerprint density at radius 1 is 1.21 bits per heavy atom. The van der Waals surface area contributed by atoms with Gasteiger partial charge in [0.1, 0.15) is 5.54 Å². The van der Waals surface area contributed by atoms with E-state index >= 15 is 0 Å². The summed E-state index contributed by atoms with van der Waals surface area (Å²) in [6.45, 7) is 0.223. The van der Waals surface area contributed by atoms with Crippen LogP contribution in [0, 0.1) is 0 Å². The van der Waals surface area contributed by atoms with Crippen molar-refractivity contribution in [2.24, 2.45) is 0 Å². The van der Waals surface area contributed by atoms with Crippen LogP contribution in [0.5, 0.6) is 0 Å². The molecule has 0 spiro atoms. The highest BCUT2D eigenvalue weighted by atomic mass is 16.4. The Kier molecular flexibility index (Phi) is 2.90. The zero-order chi connectivity index (χ0) is 13.5. The lowest BCUT2D eigenvalue weighted by Gasteiger charge is -2.30. The number of hydrogen-bond donors (Lipinski definition) is 1. The summed E-state index contributed by atoms with van der Waals surface area (Å²) in [5.41, 5.74) is -0.121. The first-order chi connectivity index (χ1) is 9.13. The van der Waals surface area contributed by atoms with Crippen LogP contribution < -0.4 is 0 Å². The topological polar surface area (TPSA) is 57.6 Å². The molecule has 0 radical (unpaired) electrons. The second-order valence-corrected chi connectivity index (χ2v) is 5.49. The maximum atomic E-state index is 12.2. The van der Waals surface area contributed by atoms with Gasteiger partial charge in [0.05, 0.1) is 6.54 Å². The molecule has 0 aliphatic carbocycles. The first-order valence-electron chi connectivity index (χ1n) is 6.72. The Bertz CT molecular complexity index is 503. The zero-order valence-electron chi connectivity index (χ0n) is 10.7. The quantitative estimate of drug-likeness (QED) is 0.840. The number of carboxylic acid groups (broad SMARTS) is 1. The van der Waals surface area contributed by atoms with E-state index in [0.29, 0.717) is 18.4 Å². The van der Waals surface area contributed by atoms with Gasteiger partial charge in [0.25, 0.3) is 0 Å². The van der Waals surface area contributed by atoms with Crippen LogP contribution in [0.2, 0.25) is 0 Å². The van der Waals surface area contributed by atoms with Gasteiger partial charge >= 0.3 is 5.97 Å². The third kappa shape index (κ3) is 1.87. The van der Waals surface area contributed by atoms with Crippen molar-refractivity contribution in [1.29, 1.82) is 0 Å². The van der Waals surface area contributed by atoms with Gasteiger partial charge in [-0.05, 0) is 25.7 Å². The number of carbonyl (C=O) groups is 2. The van der Waals surface area contributed by atoms with E-state index in [4.69, 9.17) is 0 Å². The highest BCUT2D eigenvalue weighted by molar-refractivity contribution is 5.98. The number of carbonyl (C=O) groups excluding carboxylic acids is 1. The minimum Gasteiger partial charge on any atom is -0.480 e. The van der Waals surface area contributed by atoms with E-state index in [2.05, 4.69) is 0 Å². The molecule has 2 bridgehead atoms. The van der Waals surface area contributed by atoms with Gasteiger partial charge in [-0.2, -0.15) is 0 Å². The van der Waals surface area contributed by atoms with Crippen molar-refractivity contribution in [1.82, 2.24) is 4.90 Å². The molecule has 2 aliphatic rings. The maximum absolute atomic E-state index is 12.2. The van der Waals surface area contributed by atoms with Crippen LogP contribution in [0.1, 0.15) is 36.0 Å². The summed E-state index contributed by atoms with van der Waals surface area (Å²) in [5, 5.41) is 9.49. The first-order valence-corrected chi connectivity index (χ1v) is 6.72. The Balaban J connectivity index is 1.80. The molecular formula is C15H17NO3. The summed E-state index contributed by atoms with van der Waals surface area (Å²) < 4.78 is 0. The lowest BCUT2D eigenvalue weighted by Crippen LogP contribution is -2.49. The highest BCUT2D eigenvalue weighted by Crippen LogP contribution is 2.46. The van der Waals surface area contributed by atoms with Crippen molar-refractivity contribution in [3.05, 3.63) is 35.9 Å². The third-order valence-electron chi connectivity index (χ3n) is 4.58. The number of carboxylic acids is 1. The van der Waals surface area contributed by atoms with Crippen molar-refractivity contribution < 1.29 is 14.7 Å². The molecule has 100 valence electrons. The van der Waals surface area contributed by atoms with Crippen LogP contribution in [-0.2, 0) is 4.79 Å². The SMILES string of the molecule is O=C(CN1C2CCC1(C(=O)O)CC2)c1ccccc1. The van der Waals surface area contributed by atoms with E-state index in [9.17, 15) is 14.7 Å². The molecule has 3 rings (SSSR count). The Labute approximate surface area is 112 Å². The van der Waals surface area contributed by atoms with Crippen LogP contribution in [0.3, 0.4) is 0 Å². The molecular weight excluding hydrogens is 242 g/mol. The van der Waals surface area contributed by atoms with Gasteiger partial charge in [0.15, 0.2) is 5.78 Å². The summed E-state index contributed by atoms with van der Waals surface area (Å²) in [4.78, 5) is 25.7. The molecule has 1 N–H and O–H groups in total. The molecule has 1 aromatic rings. The lowest BCUT2D eigenvalue weighted by molar-refractivity contribution is -0.148. The fourth-order valence-corrected chi connectivity index (χ4v) is 3.52. The minimum absolute atomic E-state index is 0.0139. The van der Waals surface area contributed by atoms with Gasteiger partial charge in [0.2, 0.25) is 0 Å².